The third-order valence-corrected chi connectivity index (χ3v) is 6.94. The van der Waals surface area contributed by atoms with Crippen LogP contribution in [0.25, 0.3) is 0 Å². The lowest BCUT2D eigenvalue weighted by Crippen LogP contribution is -2.39. The first-order valence-electron chi connectivity index (χ1n) is 12.2. The van der Waals surface area contributed by atoms with Crippen molar-refractivity contribution in [1.82, 2.24) is 15.3 Å². The first-order chi connectivity index (χ1) is 14.8. The molecule has 166 valence electrons. The molecule has 3 aliphatic rings. The molecule has 4 rings (SSSR count). The van der Waals surface area contributed by atoms with Gasteiger partial charge in [0.2, 0.25) is 5.95 Å². The Morgan fingerprint density at radius 3 is 1.70 bits per heavy atom. The van der Waals surface area contributed by atoms with E-state index in [1.165, 1.54) is 83.5 Å². The predicted octanol–water partition coefficient (Wildman–Crippen LogP) is 4.86. The number of rotatable bonds is 4. The van der Waals surface area contributed by atoms with Gasteiger partial charge in [-0.3, -0.25) is 0 Å². The molecule has 0 radical (unpaired) electrons. The van der Waals surface area contributed by atoms with Crippen molar-refractivity contribution in [3.05, 3.63) is 6.07 Å². The predicted molar refractivity (Wildman–Crippen MR) is 130 cm³/mol. The summed E-state index contributed by atoms with van der Waals surface area (Å²) in [4.78, 5) is 14.7. The summed E-state index contributed by atoms with van der Waals surface area (Å²) in [7, 11) is 0. The number of aromatic nitrogens is 2. The lowest BCUT2D eigenvalue weighted by molar-refractivity contribution is 0.414. The molecule has 7 heteroatoms. The van der Waals surface area contributed by atoms with E-state index in [-0.39, 0.29) is 0 Å². The van der Waals surface area contributed by atoms with Crippen molar-refractivity contribution in [1.29, 1.82) is 0 Å². The van der Waals surface area contributed by atoms with E-state index in [9.17, 15) is 0 Å². The minimum atomic E-state index is 0.484. The summed E-state index contributed by atoms with van der Waals surface area (Å²) in [6.07, 6.45) is 16.6. The van der Waals surface area contributed by atoms with Gasteiger partial charge >= 0.3 is 0 Å². The van der Waals surface area contributed by atoms with Gasteiger partial charge in [0.05, 0.1) is 0 Å². The second-order valence-electron chi connectivity index (χ2n) is 9.14. The van der Waals surface area contributed by atoms with Crippen LogP contribution in [-0.2, 0) is 0 Å². The SMILES string of the molecule is S=C(Nc1nc(N2CCCCCC2)cc(N2CCCCCC2)n1)NC1CCCCC1. The van der Waals surface area contributed by atoms with Crippen LogP contribution < -0.4 is 20.4 Å². The van der Waals surface area contributed by atoms with E-state index in [0.29, 0.717) is 17.1 Å². The van der Waals surface area contributed by atoms with Crippen molar-refractivity contribution in [2.24, 2.45) is 0 Å². The van der Waals surface area contributed by atoms with E-state index in [2.05, 4.69) is 26.5 Å². The molecular formula is C23H38N6S. The highest BCUT2D eigenvalue weighted by molar-refractivity contribution is 7.80. The lowest BCUT2D eigenvalue weighted by atomic mass is 9.96. The van der Waals surface area contributed by atoms with Gasteiger partial charge < -0.3 is 20.4 Å². The van der Waals surface area contributed by atoms with Crippen LogP contribution in [-0.4, -0.2) is 47.3 Å². The topological polar surface area (TPSA) is 56.3 Å². The maximum atomic E-state index is 5.63. The smallest absolute Gasteiger partial charge is 0.232 e. The average molecular weight is 431 g/mol. The molecule has 0 atom stereocenters. The third-order valence-electron chi connectivity index (χ3n) is 6.72. The molecule has 3 fully saturated rings. The molecule has 0 spiro atoms. The summed E-state index contributed by atoms with van der Waals surface area (Å²) in [5.74, 6) is 2.74. The monoisotopic (exact) mass is 430 g/mol. The Morgan fingerprint density at radius 1 is 0.733 bits per heavy atom. The molecule has 3 heterocycles. The van der Waals surface area contributed by atoms with E-state index in [0.717, 1.165) is 37.8 Å². The molecule has 1 aromatic heterocycles. The van der Waals surface area contributed by atoms with E-state index >= 15 is 0 Å². The Bertz CT molecular complexity index is 636. The Kier molecular flexibility index (Phi) is 8.01. The minimum absolute atomic E-state index is 0.484. The van der Waals surface area contributed by atoms with Gasteiger partial charge in [0.25, 0.3) is 0 Å². The molecule has 30 heavy (non-hydrogen) atoms. The van der Waals surface area contributed by atoms with Crippen molar-refractivity contribution in [2.75, 3.05) is 41.3 Å². The van der Waals surface area contributed by atoms with Gasteiger partial charge in [-0.05, 0) is 50.7 Å². The first-order valence-corrected chi connectivity index (χ1v) is 12.7. The largest absolute Gasteiger partial charge is 0.360 e. The Labute approximate surface area is 187 Å². The molecule has 0 unspecified atom stereocenters. The summed E-state index contributed by atoms with van der Waals surface area (Å²) < 4.78 is 0. The number of anilines is 3. The lowest BCUT2D eigenvalue weighted by Gasteiger charge is -2.27. The van der Waals surface area contributed by atoms with Gasteiger partial charge in [-0.2, -0.15) is 9.97 Å². The van der Waals surface area contributed by atoms with Crippen LogP contribution in [0.15, 0.2) is 6.07 Å². The molecule has 1 saturated carbocycles. The Hall–Kier alpha value is -1.63. The summed E-state index contributed by atoms with van der Waals surface area (Å²) in [5, 5.41) is 7.49. The van der Waals surface area contributed by atoms with Gasteiger partial charge in [-0.15, -0.1) is 0 Å². The standard InChI is InChI=1S/C23H38N6S/c30-23(24-19-12-6-5-7-13-19)27-22-25-20(28-14-8-1-2-9-15-28)18-21(26-22)29-16-10-3-4-11-17-29/h18-19H,1-17H2,(H2,24,25,26,27,30). The maximum absolute atomic E-state index is 5.63. The highest BCUT2D eigenvalue weighted by Gasteiger charge is 2.19. The maximum Gasteiger partial charge on any atom is 0.232 e. The summed E-state index contributed by atoms with van der Waals surface area (Å²) in [5.41, 5.74) is 0. The Morgan fingerprint density at radius 2 is 1.20 bits per heavy atom. The fraction of sp³-hybridized carbons (Fsp3) is 0.783. The van der Waals surface area contributed by atoms with Gasteiger partial charge in [0.1, 0.15) is 11.6 Å². The van der Waals surface area contributed by atoms with Gasteiger partial charge in [0.15, 0.2) is 5.11 Å². The Balaban J connectivity index is 1.51. The van der Waals surface area contributed by atoms with Crippen LogP contribution in [0, 0.1) is 0 Å². The minimum Gasteiger partial charge on any atom is -0.360 e. The van der Waals surface area contributed by atoms with Crippen molar-refractivity contribution < 1.29 is 0 Å². The van der Waals surface area contributed by atoms with Crippen LogP contribution in [0.4, 0.5) is 17.6 Å². The molecule has 1 aliphatic carbocycles. The summed E-state index contributed by atoms with van der Waals surface area (Å²) in [6, 6.07) is 2.69. The molecule has 0 aromatic carbocycles. The molecule has 1 aromatic rings. The fourth-order valence-electron chi connectivity index (χ4n) is 4.97. The number of hydrogen-bond acceptors (Lipinski definition) is 5. The van der Waals surface area contributed by atoms with Crippen LogP contribution >= 0.6 is 12.2 Å². The second-order valence-corrected chi connectivity index (χ2v) is 9.55. The second kappa shape index (κ2) is 11.1. The molecule has 2 N–H and O–H groups in total. The van der Waals surface area contributed by atoms with Gasteiger partial charge in [0, 0.05) is 38.3 Å². The van der Waals surface area contributed by atoms with Crippen molar-refractivity contribution in [2.45, 2.75) is 89.5 Å². The van der Waals surface area contributed by atoms with Gasteiger partial charge in [-0.25, -0.2) is 0 Å². The summed E-state index contributed by atoms with van der Waals surface area (Å²) in [6.45, 7) is 4.34. The molecule has 0 amide bonds. The number of thiocarbonyl (C=S) groups is 1. The number of hydrogen-bond donors (Lipinski definition) is 2. The van der Waals surface area contributed by atoms with Crippen LogP contribution in [0.2, 0.25) is 0 Å². The molecule has 2 aliphatic heterocycles. The quantitative estimate of drug-likeness (QED) is 0.662. The molecule has 6 nitrogen and oxygen atoms in total. The van der Waals surface area contributed by atoms with E-state index in [1.54, 1.807) is 0 Å². The van der Waals surface area contributed by atoms with E-state index in [4.69, 9.17) is 22.2 Å². The molecule has 2 saturated heterocycles. The normalized spacial score (nSPS) is 21.6. The van der Waals surface area contributed by atoms with Crippen LogP contribution in [0.3, 0.4) is 0 Å². The zero-order valence-corrected chi connectivity index (χ0v) is 19.2. The number of nitrogens with zero attached hydrogens (tertiary/aromatic N) is 4. The van der Waals surface area contributed by atoms with E-state index < -0.39 is 0 Å². The van der Waals surface area contributed by atoms with Gasteiger partial charge in [-0.1, -0.05) is 44.9 Å². The van der Waals surface area contributed by atoms with E-state index in [1.807, 2.05) is 0 Å². The van der Waals surface area contributed by atoms with Crippen molar-refractivity contribution >= 4 is 34.9 Å². The van der Waals surface area contributed by atoms with Crippen LogP contribution in [0.1, 0.15) is 83.5 Å². The highest BCUT2D eigenvalue weighted by atomic mass is 32.1. The fourth-order valence-corrected chi connectivity index (χ4v) is 5.23. The zero-order valence-electron chi connectivity index (χ0n) is 18.4. The zero-order chi connectivity index (χ0) is 20.6. The number of nitrogens with one attached hydrogen (secondary N) is 2. The highest BCUT2D eigenvalue weighted by Crippen LogP contribution is 2.26. The van der Waals surface area contributed by atoms with Crippen molar-refractivity contribution in [3.63, 3.8) is 0 Å². The molecule has 0 bridgehead atoms. The third kappa shape index (κ3) is 6.19. The summed E-state index contributed by atoms with van der Waals surface area (Å²) >= 11 is 5.63. The average Bonchev–Trinajstić information content (AvgIpc) is 3.20. The molecular weight excluding hydrogens is 392 g/mol. The van der Waals surface area contributed by atoms with Crippen molar-refractivity contribution in [3.8, 4) is 0 Å². The van der Waals surface area contributed by atoms with Crippen LogP contribution in [0.5, 0.6) is 0 Å². The first kappa shape index (κ1) is 21.6.